The Hall–Kier alpha value is -2.28. The maximum Gasteiger partial charge on any atom is 0.225 e. The summed E-state index contributed by atoms with van der Waals surface area (Å²) < 4.78 is 1.14. The van der Waals surface area contributed by atoms with Gasteiger partial charge >= 0.3 is 0 Å². The molecule has 7 heteroatoms. The first-order valence-electron chi connectivity index (χ1n) is 7.37. The number of hydrogen-bond acceptors (Lipinski definition) is 7. The molecule has 0 spiro atoms. The molecule has 4 rings (SSSR count). The van der Waals surface area contributed by atoms with Crippen molar-refractivity contribution in [3.8, 4) is 0 Å². The van der Waals surface area contributed by atoms with Gasteiger partial charge in [-0.25, -0.2) is 19.9 Å². The highest BCUT2D eigenvalue weighted by molar-refractivity contribution is 7.17. The average Bonchev–Trinajstić information content (AvgIpc) is 3.06. The molecule has 112 valence electrons. The summed E-state index contributed by atoms with van der Waals surface area (Å²) in [7, 11) is 0. The van der Waals surface area contributed by atoms with Gasteiger partial charge in [0.15, 0.2) is 0 Å². The van der Waals surface area contributed by atoms with Gasteiger partial charge in [-0.15, -0.1) is 11.3 Å². The van der Waals surface area contributed by atoms with Crippen LogP contribution in [0.25, 0.3) is 10.2 Å². The van der Waals surface area contributed by atoms with Crippen LogP contribution >= 0.6 is 11.3 Å². The van der Waals surface area contributed by atoms with Gasteiger partial charge in [-0.05, 0) is 30.4 Å². The van der Waals surface area contributed by atoms with Crippen LogP contribution in [0.4, 0.5) is 11.8 Å². The second kappa shape index (κ2) is 5.84. The van der Waals surface area contributed by atoms with Crippen molar-refractivity contribution in [3.05, 3.63) is 36.2 Å². The molecule has 0 unspecified atom stereocenters. The highest BCUT2D eigenvalue weighted by Crippen LogP contribution is 2.27. The van der Waals surface area contributed by atoms with E-state index in [-0.39, 0.29) is 0 Å². The molecule has 3 aromatic heterocycles. The molecule has 22 heavy (non-hydrogen) atoms. The standard InChI is InChI=1S/C15H16N6S/c1-5-16-15(17-6-1)21-7-2-11(3-8-21)20-14-13-12(4-9-22-13)18-10-19-14/h1,4-6,9-11H,2-3,7-8H2,(H,18,19,20). The summed E-state index contributed by atoms with van der Waals surface area (Å²) in [5, 5.41) is 5.63. The van der Waals surface area contributed by atoms with Gasteiger partial charge in [-0.1, -0.05) is 0 Å². The fraction of sp³-hybridized carbons (Fsp3) is 0.333. The highest BCUT2D eigenvalue weighted by Gasteiger charge is 2.21. The Morgan fingerprint density at radius 2 is 1.91 bits per heavy atom. The second-order valence-electron chi connectivity index (χ2n) is 5.31. The SMILES string of the molecule is c1cnc(N2CCC(Nc3ncnc4ccsc34)CC2)nc1. The van der Waals surface area contributed by atoms with Crippen LogP contribution in [0.5, 0.6) is 0 Å². The molecule has 0 amide bonds. The van der Waals surface area contributed by atoms with Crippen LogP contribution in [-0.2, 0) is 0 Å². The molecule has 6 nitrogen and oxygen atoms in total. The molecule has 1 aliphatic heterocycles. The van der Waals surface area contributed by atoms with Gasteiger partial charge in [-0.3, -0.25) is 0 Å². The number of anilines is 2. The van der Waals surface area contributed by atoms with Gasteiger partial charge in [0.2, 0.25) is 5.95 Å². The van der Waals surface area contributed by atoms with Crippen LogP contribution in [0.1, 0.15) is 12.8 Å². The molecule has 0 atom stereocenters. The van der Waals surface area contributed by atoms with Crippen molar-refractivity contribution in [2.75, 3.05) is 23.3 Å². The first kappa shape index (κ1) is 13.4. The van der Waals surface area contributed by atoms with Crippen molar-refractivity contribution in [1.82, 2.24) is 19.9 Å². The summed E-state index contributed by atoms with van der Waals surface area (Å²) in [6.45, 7) is 1.92. The molecule has 1 saturated heterocycles. The molecule has 0 saturated carbocycles. The predicted molar refractivity (Wildman–Crippen MR) is 88.3 cm³/mol. The fourth-order valence-corrected chi connectivity index (χ4v) is 3.56. The first-order valence-corrected chi connectivity index (χ1v) is 8.25. The lowest BCUT2D eigenvalue weighted by Crippen LogP contribution is -2.40. The van der Waals surface area contributed by atoms with Crippen molar-refractivity contribution in [3.63, 3.8) is 0 Å². The number of piperidine rings is 1. The Balaban J connectivity index is 1.43. The Bertz CT molecular complexity index is 751. The molecule has 0 aromatic carbocycles. The third-order valence-corrected chi connectivity index (χ3v) is 4.82. The lowest BCUT2D eigenvalue weighted by Gasteiger charge is -2.32. The van der Waals surface area contributed by atoms with Gasteiger partial charge in [0.1, 0.15) is 12.1 Å². The van der Waals surface area contributed by atoms with E-state index in [1.807, 2.05) is 12.1 Å². The number of rotatable bonds is 3. The zero-order valence-corrected chi connectivity index (χ0v) is 12.8. The van der Waals surface area contributed by atoms with Crippen molar-refractivity contribution < 1.29 is 0 Å². The van der Waals surface area contributed by atoms with E-state index in [9.17, 15) is 0 Å². The number of aromatic nitrogens is 4. The molecule has 1 N–H and O–H groups in total. The number of nitrogens with one attached hydrogen (secondary N) is 1. The van der Waals surface area contributed by atoms with Crippen molar-refractivity contribution in [2.24, 2.45) is 0 Å². The Labute approximate surface area is 132 Å². The number of nitrogens with zero attached hydrogens (tertiary/aromatic N) is 5. The molecule has 3 aromatic rings. The fourth-order valence-electron chi connectivity index (χ4n) is 2.76. The van der Waals surface area contributed by atoms with E-state index in [0.717, 1.165) is 47.9 Å². The largest absolute Gasteiger partial charge is 0.366 e. The van der Waals surface area contributed by atoms with Gasteiger partial charge in [0, 0.05) is 31.5 Å². The summed E-state index contributed by atoms with van der Waals surface area (Å²) in [5.74, 6) is 1.78. The molecular weight excluding hydrogens is 296 g/mol. The van der Waals surface area contributed by atoms with Crippen LogP contribution in [0, 0.1) is 0 Å². The maximum atomic E-state index is 4.40. The van der Waals surface area contributed by atoms with Crippen LogP contribution in [0.3, 0.4) is 0 Å². The van der Waals surface area contributed by atoms with E-state index in [4.69, 9.17) is 0 Å². The highest BCUT2D eigenvalue weighted by atomic mass is 32.1. The van der Waals surface area contributed by atoms with E-state index in [2.05, 4.69) is 35.5 Å². The average molecular weight is 312 g/mol. The minimum Gasteiger partial charge on any atom is -0.366 e. The van der Waals surface area contributed by atoms with Crippen LogP contribution in [0.15, 0.2) is 36.2 Å². The van der Waals surface area contributed by atoms with Crippen LogP contribution in [0.2, 0.25) is 0 Å². The normalized spacial score (nSPS) is 16.1. The van der Waals surface area contributed by atoms with E-state index < -0.39 is 0 Å². The molecule has 1 aliphatic rings. The third-order valence-electron chi connectivity index (χ3n) is 3.91. The van der Waals surface area contributed by atoms with E-state index in [1.165, 1.54) is 0 Å². The van der Waals surface area contributed by atoms with Crippen molar-refractivity contribution in [1.29, 1.82) is 0 Å². The zero-order valence-electron chi connectivity index (χ0n) is 12.0. The lowest BCUT2D eigenvalue weighted by molar-refractivity contribution is 0.519. The molecule has 0 radical (unpaired) electrons. The Morgan fingerprint density at radius 3 is 2.73 bits per heavy atom. The lowest BCUT2D eigenvalue weighted by atomic mass is 10.1. The monoisotopic (exact) mass is 312 g/mol. The van der Waals surface area contributed by atoms with Gasteiger partial charge < -0.3 is 10.2 Å². The number of hydrogen-bond donors (Lipinski definition) is 1. The van der Waals surface area contributed by atoms with Crippen LogP contribution < -0.4 is 10.2 Å². The zero-order chi connectivity index (χ0) is 14.8. The maximum absolute atomic E-state index is 4.40. The molecule has 1 fully saturated rings. The smallest absolute Gasteiger partial charge is 0.225 e. The van der Waals surface area contributed by atoms with Gasteiger partial charge in [0.25, 0.3) is 0 Å². The molecule has 0 aliphatic carbocycles. The summed E-state index contributed by atoms with van der Waals surface area (Å²) in [5.41, 5.74) is 1.01. The number of thiophene rings is 1. The summed E-state index contributed by atoms with van der Waals surface area (Å²) in [6.07, 6.45) is 7.32. The predicted octanol–water partition coefficient (Wildman–Crippen LogP) is 2.56. The molecule has 4 heterocycles. The Morgan fingerprint density at radius 1 is 1.09 bits per heavy atom. The topological polar surface area (TPSA) is 66.8 Å². The summed E-state index contributed by atoms with van der Waals surface area (Å²) >= 11 is 1.68. The van der Waals surface area contributed by atoms with Crippen LogP contribution in [-0.4, -0.2) is 39.1 Å². The van der Waals surface area contributed by atoms with E-state index in [0.29, 0.717) is 6.04 Å². The van der Waals surface area contributed by atoms with Crippen molar-refractivity contribution in [2.45, 2.75) is 18.9 Å². The minimum absolute atomic E-state index is 0.431. The summed E-state index contributed by atoms with van der Waals surface area (Å²) in [6, 6.07) is 4.31. The van der Waals surface area contributed by atoms with E-state index >= 15 is 0 Å². The third kappa shape index (κ3) is 2.59. The quantitative estimate of drug-likeness (QED) is 0.802. The molecule has 0 bridgehead atoms. The molecular formula is C15H16N6S. The minimum atomic E-state index is 0.431. The van der Waals surface area contributed by atoms with Crippen molar-refractivity contribution >= 4 is 33.3 Å². The summed E-state index contributed by atoms with van der Waals surface area (Å²) in [4.78, 5) is 19.6. The Kier molecular flexibility index (Phi) is 3.56. The van der Waals surface area contributed by atoms with Gasteiger partial charge in [0.05, 0.1) is 10.2 Å². The van der Waals surface area contributed by atoms with E-state index in [1.54, 1.807) is 30.1 Å². The number of fused-ring (bicyclic) bond motifs is 1. The van der Waals surface area contributed by atoms with Gasteiger partial charge in [-0.2, -0.15) is 0 Å². The second-order valence-corrected chi connectivity index (χ2v) is 6.23. The first-order chi connectivity index (χ1) is 10.9.